The average molecular weight is 438 g/mol. The molecule has 0 spiro atoms. The summed E-state index contributed by atoms with van der Waals surface area (Å²) in [7, 11) is 1.72. The summed E-state index contributed by atoms with van der Waals surface area (Å²) in [5.74, 6) is 6.41. The van der Waals surface area contributed by atoms with Gasteiger partial charge in [0.2, 0.25) is 5.82 Å². The number of carbonyl (C=O) groups is 1. The van der Waals surface area contributed by atoms with Gasteiger partial charge in [0.15, 0.2) is 17.0 Å². The molecule has 5 rings (SSSR count). The molecule has 2 heterocycles. The van der Waals surface area contributed by atoms with Gasteiger partial charge >= 0.3 is 0 Å². The van der Waals surface area contributed by atoms with Gasteiger partial charge in [0, 0.05) is 12.6 Å². The van der Waals surface area contributed by atoms with Gasteiger partial charge in [-0.1, -0.05) is 29.7 Å². The molecular formula is C22H20ClN5O3. The third-order valence-electron chi connectivity index (χ3n) is 6.49. The smallest absolute Gasteiger partial charge is 0.209 e. The van der Waals surface area contributed by atoms with Crippen molar-refractivity contribution in [1.82, 2.24) is 19.5 Å². The highest BCUT2D eigenvalue weighted by atomic mass is 35.5. The normalized spacial score (nSPS) is 28.7. The van der Waals surface area contributed by atoms with Gasteiger partial charge in [-0.2, -0.15) is 0 Å². The Labute approximate surface area is 183 Å². The van der Waals surface area contributed by atoms with Crippen molar-refractivity contribution in [2.75, 3.05) is 12.4 Å². The van der Waals surface area contributed by atoms with Crippen LogP contribution < -0.4 is 5.32 Å². The maximum atomic E-state index is 12.2. The zero-order chi connectivity index (χ0) is 21.9. The number of aliphatic hydroxyl groups excluding tert-OH is 2. The van der Waals surface area contributed by atoms with Crippen LogP contribution in [-0.2, 0) is 4.79 Å². The zero-order valence-electron chi connectivity index (χ0n) is 16.9. The number of aromatic nitrogens is 4. The molecule has 5 atom stereocenters. The standard InChI is InChI=1S/C22H20ClN5O3/c1-11(29)22-9-13(22)17(18(30)19(22)31)28-10-25-16-20(24-2)26-15(27-21(16)28)8-7-12-5-3-4-6-14(12)23/h3-6,10,13,17-19,30-31H,9H2,1-2H3,(H,24,26,27)/t13?,17-,18+,19?,22+/m1/s1. The number of fused-ring (bicyclic) bond motifs is 2. The number of ketones is 1. The molecule has 1 aromatic carbocycles. The molecule has 0 amide bonds. The molecule has 0 saturated heterocycles. The van der Waals surface area contributed by atoms with E-state index in [9.17, 15) is 15.0 Å². The molecule has 3 N–H and O–H groups in total. The van der Waals surface area contributed by atoms with Crippen molar-refractivity contribution in [3.05, 3.63) is 47.0 Å². The topological polar surface area (TPSA) is 113 Å². The van der Waals surface area contributed by atoms with Gasteiger partial charge < -0.3 is 20.1 Å². The number of hydrogen-bond donors (Lipinski definition) is 3. The van der Waals surface area contributed by atoms with Crippen LogP contribution in [0.1, 0.15) is 30.8 Å². The highest BCUT2D eigenvalue weighted by molar-refractivity contribution is 6.31. The van der Waals surface area contributed by atoms with Gasteiger partial charge in [-0.05, 0) is 37.3 Å². The Morgan fingerprint density at radius 3 is 2.74 bits per heavy atom. The fourth-order valence-electron chi connectivity index (χ4n) is 4.82. The van der Waals surface area contributed by atoms with E-state index in [2.05, 4.69) is 32.1 Å². The Morgan fingerprint density at radius 2 is 2.06 bits per heavy atom. The monoisotopic (exact) mass is 437 g/mol. The molecule has 3 aromatic rings. The highest BCUT2D eigenvalue weighted by Crippen LogP contribution is 2.68. The van der Waals surface area contributed by atoms with Gasteiger partial charge in [0.1, 0.15) is 11.9 Å². The second kappa shape index (κ2) is 7.02. The molecule has 31 heavy (non-hydrogen) atoms. The molecule has 2 aliphatic rings. The van der Waals surface area contributed by atoms with Crippen LogP contribution in [0.4, 0.5) is 5.82 Å². The molecule has 8 nitrogen and oxygen atoms in total. The van der Waals surface area contributed by atoms with Crippen LogP contribution >= 0.6 is 11.6 Å². The summed E-state index contributed by atoms with van der Waals surface area (Å²) in [6.07, 6.45) is -0.0949. The number of benzene rings is 1. The van der Waals surface area contributed by atoms with Gasteiger partial charge in [-0.3, -0.25) is 4.79 Å². The van der Waals surface area contributed by atoms with Crippen LogP contribution in [0.5, 0.6) is 0 Å². The van der Waals surface area contributed by atoms with Crippen molar-refractivity contribution in [2.24, 2.45) is 11.3 Å². The van der Waals surface area contributed by atoms with Crippen LogP contribution in [0, 0.1) is 23.2 Å². The fraction of sp³-hybridized carbons (Fsp3) is 0.364. The minimum atomic E-state index is -1.11. The van der Waals surface area contributed by atoms with Crippen LogP contribution in [0.15, 0.2) is 30.6 Å². The fourth-order valence-corrected chi connectivity index (χ4v) is 5.01. The zero-order valence-corrected chi connectivity index (χ0v) is 17.6. The first-order valence-electron chi connectivity index (χ1n) is 9.94. The molecule has 0 aliphatic heterocycles. The maximum Gasteiger partial charge on any atom is 0.209 e. The molecule has 0 bridgehead atoms. The first-order valence-corrected chi connectivity index (χ1v) is 10.3. The van der Waals surface area contributed by atoms with Crippen LogP contribution in [0.2, 0.25) is 5.02 Å². The summed E-state index contributed by atoms with van der Waals surface area (Å²) in [6, 6.07) is 6.73. The summed E-state index contributed by atoms with van der Waals surface area (Å²) in [6.45, 7) is 1.47. The average Bonchev–Trinajstić information content (AvgIpc) is 3.31. The molecule has 2 unspecified atom stereocenters. The molecule has 2 aliphatic carbocycles. The first-order chi connectivity index (χ1) is 14.9. The lowest BCUT2D eigenvalue weighted by atomic mass is 9.95. The summed E-state index contributed by atoms with van der Waals surface area (Å²) < 4.78 is 1.73. The summed E-state index contributed by atoms with van der Waals surface area (Å²) >= 11 is 6.18. The van der Waals surface area contributed by atoms with Crippen molar-refractivity contribution >= 4 is 34.4 Å². The lowest BCUT2D eigenvalue weighted by Crippen LogP contribution is -2.36. The minimum Gasteiger partial charge on any atom is -0.389 e. The Bertz CT molecular complexity index is 1280. The highest BCUT2D eigenvalue weighted by Gasteiger charge is 2.74. The minimum absolute atomic E-state index is 0.104. The Balaban J connectivity index is 1.60. The molecular weight excluding hydrogens is 418 g/mol. The van der Waals surface area contributed by atoms with E-state index in [1.54, 1.807) is 24.0 Å². The van der Waals surface area contributed by atoms with Crippen molar-refractivity contribution < 1.29 is 15.0 Å². The Morgan fingerprint density at radius 1 is 1.29 bits per heavy atom. The Hall–Kier alpha value is -2.99. The largest absolute Gasteiger partial charge is 0.389 e. The second-order valence-corrected chi connectivity index (χ2v) is 8.44. The van der Waals surface area contributed by atoms with Gasteiger partial charge in [0.05, 0.1) is 28.9 Å². The van der Waals surface area contributed by atoms with E-state index in [0.29, 0.717) is 34.0 Å². The SMILES string of the molecule is CNc1nc(C#Cc2ccccc2Cl)nc2c1ncn2[C@@H]1C2C[C@@]2(C(C)=O)C(O)[C@H]1O. The number of halogens is 1. The summed E-state index contributed by atoms with van der Waals surface area (Å²) in [5, 5.41) is 24.8. The van der Waals surface area contributed by atoms with Crippen LogP contribution in [-0.4, -0.2) is 54.8 Å². The Kier molecular flexibility index (Phi) is 4.52. The van der Waals surface area contributed by atoms with Gasteiger partial charge in [-0.25, -0.2) is 15.0 Å². The third kappa shape index (κ3) is 2.85. The number of rotatable bonds is 3. The van der Waals surface area contributed by atoms with Gasteiger partial charge in [-0.15, -0.1) is 0 Å². The van der Waals surface area contributed by atoms with E-state index < -0.39 is 23.7 Å². The van der Waals surface area contributed by atoms with E-state index in [-0.39, 0.29) is 17.5 Å². The number of nitrogens with one attached hydrogen (secondary N) is 1. The van der Waals surface area contributed by atoms with E-state index in [1.165, 1.54) is 6.92 Å². The summed E-state index contributed by atoms with van der Waals surface area (Å²) in [4.78, 5) is 25.6. The van der Waals surface area contributed by atoms with E-state index >= 15 is 0 Å². The number of aliphatic hydroxyl groups is 2. The lowest BCUT2D eigenvalue weighted by molar-refractivity contribution is -0.128. The van der Waals surface area contributed by atoms with E-state index in [1.807, 2.05) is 18.2 Å². The number of hydrogen-bond acceptors (Lipinski definition) is 7. The quantitative estimate of drug-likeness (QED) is 0.535. The predicted octanol–water partition coefficient (Wildman–Crippen LogP) is 1.79. The second-order valence-electron chi connectivity index (χ2n) is 8.03. The molecule has 2 fully saturated rings. The number of nitrogens with zero attached hydrogens (tertiary/aromatic N) is 4. The number of Topliss-reactive ketones (excluding diaryl/α,β-unsaturated/α-hetero) is 1. The third-order valence-corrected chi connectivity index (χ3v) is 6.82. The molecule has 158 valence electrons. The van der Waals surface area contributed by atoms with E-state index in [4.69, 9.17) is 11.6 Å². The predicted molar refractivity (Wildman–Crippen MR) is 115 cm³/mol. The summed E-state index contributed by atoms with van der Waals surface area (Å²) in [5.41, 5.74) is 0.774. The van der Waals surface area contributed by atoms with Crippen molar-refractivity contribution in [2.45, 2.75) is 31.6 Å². The van der Waals surface area contributed by atoms with E-state index in [0.717, 1.165) is 0 Å². The van der Waals surface area contributed by atoms with Crippen molar-refractivity contribution in [3.8, 4) is 11.8 Å². The number of carbonyl (C=O) groups excluding carboxylic acids is 1. The molecule has 0 radical (unpaired) electrons. The molecule has 2 saturated carbocycles. The maximum absolute atomic E-state index is 12.2. The number of anilines is 1. The molecule has 2 aromatic heterocycles. The van der Waals surface area contributed by atoms with Crippen molar-refractivity contribution in [1.29, 1.82) is 0 Å². The van der Waals surface area contributed by atoms with Crippen LogP contribution in [0.25, 0.3) is 11.2 Å². The number of imidazole rings is 1. The molecule has 9 heteroatoms. The van der Waals surface area contributed by atoms with Crippen LogP contribution in [0.3, 0.4) is 0 Å². The van der Waals surface area contributed by atoms with Gasteiger partial charge in [0.25, 0.3) is 0 Å². The van der Waals surface area contributed by atoms with Crippen molar-refractivity contribution in [3.63, 3.8) is 0 Å². The first kappa shape index (κ1) is 19.9. The lowest BCUT2D eigenvalue weighted by Gasteiger charge is -2.23.